The molecule has 2 radical (unpaired) electrons. The number of anilines is 1. The smallest absolute Gasteiger partial charge is 0.410 e. The lowest BCUT2D eigenvalue weighted by Crippen LogP contribution is -2.61. The highest BCUT2D eigenvalue weighted by Crippen LogP contribution is 2.41. The van der Waals surface area contributed by atoms with E-state index in [0.717, 1.165) is 11.3 Å². The fourth-order valence-electron chi connectivity index (χ4n) is 7.64. The summed E-state index contributed by atoms with van der Waals surface area (Å²) in [7, 11) is 8.23. The molecule has 13 nitrogen and oxygen atoms in total. The van der Waals surface area contributed by atoms with Crippen molar-refractivity contribution < 1.29 is 28.6 Å². The van der Waals surface area contributed by atoms with E-state index in [4.69, 9.17) is 27.8 Å². The number of nitrogens with two attached hydrogens (primary N) is 1. The second-order valence-electron chi connectivity index (χ2n) is 14.4. The number of benzene rings is 1. The van der Waals surface area contributed by atoms with Gasteiger partial charge in [0.2, 0.25) is 0 Å². The van der Waals surface area contributed by atoms with Crippen LogP contribution in [0.1, 0.15) is 73.6 Å². The van der Waals surface area contributed by atoms with Gasteiger partial charge in [-0.05, 0) is 76.9 Å². The lowest BCUT2D eigenvalue weighted by Gasteiger charge is -2.41. The number of rotatable bonds is 9. The maximum atomic E-state index is 13.8. The molecule has 2 aromatic rings. The molecule has 0 saturated carbocycles. The Labute approximate surface area is 297 Å². The number of nitrogens with one attached hydrogen (secondary N) is 1. The summed E-state index contributed by atoms with van der Waals surface area (Å²) in [6, 6.07) is 8.64. The Bertz CT molecular complexity index is 1550. The number of ether oxygens (including phenoxy) is 3. The molecule has 0 spiro atoms. The van der Waals surface area contributed by atoms with E-state index in [-0.39, 0.29) is 18.4 Å². The molecule has 270 valence electrons. The van der Waals surface area contributed by atoms with Crippen LogP contribution in [0.3, 0.4) is 0 Å². The number of cyclic esters (lactones) is 1. The minimum Gasteiger partial charge on any atom is -0.457 e. The molecule has 2 saturated heterocycles. The van der Waals surface area contributed by atoms with E-state index in [2.05, 4.69) is 22.6 Å². The third-order valence-electron chi connectivity index (χ3n) is 10.6. The number of nitrogens with zero attached hydrogens (tertiary/aromatic N) is 5. The summed E-state index contributed by atoms with van der Waals surface area (Å²) in [4.78, 5) is 42.8. The van der Waals surface area contributed by atoms with Crippen LogP contribution in [0, 0.1) is 29.1 Å². The van der Waals surface area contributed by atoms with E-state index < -0.39 is 58.8 Å². The number of methoxy groups -OCH3 is 1. The zero-order chi connectivity index (χ0) is 36.8. The molecular formula is C36H52BN7O6. The number of esters is 1. The molecule has 2 aliphatic heterocycles. The second-order valence-corrected chi connectivity index (χ2v) is 14.4. The Balaban J connectivity index is 1.58. The van der Waals surface area contributed by atoms with Crippen LogP contribution in [0.2, 0.25) is 5.82 Å². The number of hydrogen-bond donors (Lipinski definition) is 2. The summed E-state index contributed by atoms with van der Waals surface area (Å²) in [6.45, 7) is 12.8. The molecule has 0 aliphatic carbocycles. The molecule has 3 heterocycles. The monoisotopic (exact) mass is 689 g/mol. The number of nitriles is 1. The highest BCUT2D eigenvalue weighted by molar-refractivity contribution is 6.15. The van der Waals surface area contributed by atoms with E-state index >= 15 is 0 Å². The Hall–Kier alpha value is -3.96. The summed E-state index contributed by atoms with van der Waals surface area (Å²) in [5, 5.41) is 21.8. The molecule has 1 aromatic heterocycles. The summed E-state index contributed by atoms with van der Waals surface area (Å²) >= 11 is 0. The first-order valence-electron chi connectivity index (χ1n) is 17.6. The molecule has 3 N–H and O–H groups in total. The number of amides is 1. The maximum Gasteiger partial charge on any atom is 0.410 e. The summed E-state index contributed by atoms with van der Waals surface area (Å²) < 4.78 is 19.9. The van der Waals surface area contributed by atoms with Gasteiger partial charge in [0.25, 0.3) is 0 Å². The molecule has 0 unspecified atom stereocenters. The first kappa shape index (κ1) is 38.8. The largest absolute Gasteiger partial charge is 0.457 e. The van der Waals surface area contributed by atoms with E-state index in [0.29, 0.717) is 51.0 Å². The van der Waals surface area contributed by atoms with Crippen LogP contribution in [0.5, 0.6) is 0 Å². The molecule has 2 aliphatic rings. The lowest BCUT2D eigenvalue weighted by molar-refractivity contribution is -0.170. The number of fused-ring (bicyclic) bond motifs is 1. The minimum absolute atomic E-state index is 0.0632. The van der Waals surface area contributed by atoms with Crippen molar-refractivity contribution in [3.63, 3.8) is 0 Å². The van der Waals surface area contributed by atoms with Crippen LogP contribution in [-0.4, -0.2) is 95.2 Å². The standard InChI is InChI=1S/C36H52BN7O6/c1-8-29-36(6)32(44(34(47)50-36)17-10-9-16-43-21-28(41-42-43)25-12-11-13-26(39)18-25)24(4)40-20-22(2)19-35(5,48-7)31(37)23(3)30(45)27(14-15-38)33(46)49-29/h11-13,18,21-24,27,29,31-32,40H,8-10,14,16-17,19-20,39H2,1-7H3/t22-,23+,24-,27-,29-,31-,32-,35-,36-/m1/s1. The molecule has 9 atom stereocenters. The van der Waals surface area contributed by atoms with Gasteiger partial charge in [0.05, 0.1) is 38.2 Å². The van der Waals surface area contributed by atoms with Crippen molar-refractivity contribution in [2.75, 3.05) is 25.9 Å². The van der Waals surface area contributed by atoms with Crippen molar-refractivity contribution in [1.82, 2.24) is 25.2 Å². The zero-order valence-electron chi connectivity index (χ0n) is 30.4. The average Bonchev–Trinajstić information content (AvgIpc) is 3.67. The quantitative estimate of drug-likeness (QED) is 0.126. The molecule has 50 heavy (non-hydrogen) atoms. The van der Waals surface area contributed by atoms with Gasteiger partial charge in [-0.2, -0.15) is 5.26 Å². The van der Waals surface area contributed by atoms with Gasteiger partial charge in [-0.25, -0.2) is 4.79 Å². The molecule has 14 heteroatoms. The number of hydrogen-bond acceptors (Lipinski definition) is 11. The van der Waals surface area contributed by atoms with E-state index in [1.165, 1.54) is 0 Å². The predicted octanol–water partition coefficient (Wildman–Crippen LogP) is 4.32. The Kier molecular flexibility index (Phi) is 12.7. The Morgan fingerprint density at radius 3 is 2.56 bits per heavy atom. The van der Waals surface area contributed by atoms with Crippen molar-refractivity contribution in [2.45, 2.75) is 115 Å². The number of carbonyl (C=O) groups excluding carboxylic acids is 3. The lowest BCUT2D eigenvalue weighted by atomic mass is 9.62. The van der Waals surface area contributed by atoms with E-state index in [9.17, 15) is 19.6 Å². The number of nitrogen functional groups attached to an aromatic ring is 1. The van der Waals surface area contributed by atoms with Gasteiger partial charge in [-0.15, -0.1) is 5.10 Å². The number of ketones is 1. The number of aryl methyl sites for hydroxylation is 1. The first-order chi connectivity index (χ1) is 23.7. The summed E-state index contributed by atoms with van der Waals surface area (Å²) in [5.74, 6) is -4.12. The summed E-state index contributed by atoms with van der Waals surface area (Å²) in [6.07, 6.45) is 2.32. The fraction of sp³-hybridized carbons (Fsp3) is 0.667. The first-order valence-corrected chi connectivity index (χ1v) is 17.6. The highest BCUT2D eigenvalue weighted by Gasteiger charge is 2.58. The molecule has 1 aromatic carbocycles. The van der Waals surface area contributed by atoms with Gasteiger partial charge < -0.3 is 25.3 Å². The van der Waals surface area contributed by atoms with E-state index in [1.807, 2.05) is 57.3 Å². The van der Waals surface area contributed by atoms with Gasteiger partial charge in [-0.1, -0.05) is 38.1 Å². The third kappa shape index (κ3) is 8.32. The van der Waals surface area contributed by atoms with Crippen LogP contribution in [0.4, 0.5) is 10.5 Å². The van der Waals surface area contributed by atoms with Crippen LogP contribution in [-0.2, 0) is 30.3 Å². The zero-order valence-corrected chi connectivity index (χ0v) is 30.4. The second kappa shape index (κ2) is 16.4. The molecule has 2 fully saturated rings. The van der Waals surface area contributed by atoms with Gasteiger partial charge in [0, 0.05) is 43.4 Å². The van der Waals surface area contributed by atoms with Gasteiger partial charge in [0.1, 0.15) is 17.7 Å². The maximum absolute atomic E-state index is 13.8. The third-order valence-corrected chi connectivity index (χ3v) is 10.6. The van der Waals surface area contributed by atoms with Crippen molar-refractivity contribution >= 4 is 31.4 Å². The minimum atomic E-state index is -1.35. The van der Waals surface area contributed by atoms with Crippen molar-refractivity contribution in [3.8, 4) is 17.3 Å². The normalized spacial score (nSPS) is 32.7. The fourth-order valence-corrected chi connectivity index (χ4v) is 7.64. The van der Waals surface area contributed by atoms with Crippen LogP contribution >= 0.6 is 0 Å². The summed E-state index contributed by atoms with van der Waals surface area (Å²) in [5.41, 5.74) is 6.04. The van der Waals surface area contributed by atoms with Crippen LogP contribution in [0.25, 0.3) is 11.3 Å². The van der Waals surface area contributed by atoms with Crippen LogP contribution in [0.15, 0.2) is 30.5 Å². The topological polar surface area (TPSA) is 175 Å². The van der Waals surface area contributed by atoms with Gasteiger partial charge >= 0.3 is 12.1 Å². The number of carbonyl (C=O) groups is 3. The number of unbranched alkanes of at least 4 members (excludes halogenated alkanes) is 1. The van der Waals surface area contributed by atoms with Gasteiger partial charge in [0.15, 0.2) is 11.4 Å². The van der Waals surface area contributed by atoms with Crippen molar-refractivity contribution in [2.24, 2.45) is 17.8 Å². The van der Waals surface area contributed by atoms with Crippen LogP contribution < -0.4 is 11.1 Å². The molecule has 1 amide bonds. The van der Waals surface area contributed by atoms with Gasteiger partial charge in [-0.3, -0.25) is 19.2 Å². The Morgan fingerprint density at radius 1 is 1.18 bits per heavy atom. The Morgan fingerprint density at radius 2 is 1.90 bits per heavy atom. The van der Waals surface area contributed by atoms with E-state index in [1.54, 1.807) is 30.5 Å². The van der Waals surface area contributed by atoms with Crippen molar-refractivity contribution in [1.29, 1.82) is 5.26 Å². The highest BCUT2D eigenvalue weighted by atomic mass is 16.6. The molecule has 0 bridgehead atoms. The number of aromatic nitrogens is 3. The number of Topliss-reactive ketones (excluding diaryl/α,β-unsaturated/α-hetero) is 1. The SMILES string of the molecule is [B][C@@H]1[C@@H](C)C(=O)[C@@H](CC#N)C(=O)O[C@H](CC)[C@@]2(C)OC(=O)N(CCCCn3cc(-c4cccc(N)c4)nn3)[C@@H]2[C@@H](C)NC[C@H](C)C[C@@]1(C)OC. The average molecular weight is 690 g/mol. The molecule has 4 rings (SSSR count). The van der Waals surface area contributed by atoms with Crippen molar-refractivity contribution in [3.05, 3.63) is 30.5 Å². The molecular weight excluding hydrogens is 637 g/mol. The predicted molar refractivity (Wildman–Crippen MR) is 189 cm³/mol.